The Labute approximate surface area is 131 Å². The first-order chi connectivity index (χ1) is 9.72. The van der Waals surface area contributed by atoms with Crippen LogP contribution in [-0.4, -0.2) is 14.6 Å². The van der Waals surface area contributed by atoms with E-state index in [1.54, 1.807) is 6.20 Å². The molecule has 2 rings (SSSR count). The number of hydrogen-bond acceptors (Lipinski definition) is 5. The molecule has 0 aliphatic heterocycles. The monoisotopic (exact) mass is 382 g/mol. The van der Waals surface area contributed by atoms with Gasteiger partial charge in [0.2, 0.25) is 0 Å². The zero-order valence-electron chi connectivity index (χ0n) is 11.0. The van der Waals surface area contributed by atoms with Crippen LogP contribution in [0.25, 0.3) is 5.76 Å². The molecular formula is C14H15IN4O. The lowest BCUT2D eigenvalue weighted by Gasteiger charge is -2.09. The van der Waals surface area contributed by atoms with Gasteiger partial charge in [0.05, 0.1) is 0 Å². The van der Waals surface area contributed by atoms with Gasteiger partial charge in [0.25, 0.3) is 0 Å². The van der Waals surface area contributed by atoms with Crippen LogP contribution in [0.15, 0.2) is 42.7 Å². The molecule has 0 spiro atoms. The minimum atomic E-state index is 0.513. The molecule has 3 N–H and O–H groups in total. The molecule has 0 saturated heterocycles. The van der Waals surface area contributed by atoms with Crippen molar-refractivity contribution in [1.82, 2.24) is 9.97 Å². The Morgan fingerprint density at radius 1 is 1.40 bits per heavy atom. The van der Waals surface area contributed by atoms with Crippen LogP contribution in [0.4, 0.5) is 11.6 Å². The van der Waals surface area contributed by atoms with Crippen molar-refractivity contribution in [2.24, 2.45) is 5.73 Å². The predicted octanol–water partition coefficient (Wildman–Crippen LogP) is 3.19. The van der Waals surface area contributed by atoms with Crippen LogP contribution in [0.5, 0.6) is 0 Å². The van der Waals surface area contributed by atoms with Crippen molar-refractivity contribution in [2.75, 3.05) is 9.93 Å². The highest BCUT2D eigenvalue weighted by Crippen LogP contribution is 2.18. The van der Waals surface area contributed by atoms with Crippen molar-refractivity contribution in [3.05, 3.63) is 54.0 Å². The summed E-state index contributed by atoms with van der Waals surface area (Å²) in [5, 5.41) is 3.16. The summed E-state index contributed by atoms with van der Waals surface area (Å²) >= 11 is 2.11. The topological polar surface area (TPSA) is 73.1 Å². The van der Waals surface area contributed by atoms with Crippen LogP contribution in [0, 0.1) is 6.92 Å². The van der Waals surface area contributed by atoms with Crippen molar-refractivity contribution >= 4 is 40.0 Å². The van der Waals surface area contributed by atoms with Gasteiger partial charge in [-0.25, -0.2) is 9.97 Å². The molecule has 2 aromatic rings. The number of pyridine rings is 2. The van der Waals surface area contributed by atoms with E-state index < -0.39 is 0 Å². The minimum absolute atomic E-state index is 0.513. The number of anilines is 2. The Morgan fingerprint density at radius 3 is 2.95 bits per heavy atom. The molecule has 0 radical (unpaired) electrons. The lowest BCUT2D eigenvalue weighted by Crippen LogP contribution is -2.01. The molecule has 5 nitrogen and oxygen atoms in total. The first-order valence-corrected chi connectivity index (χ1v) is 7.53. The van der Waals surface area contributed by atoms with E-state index in [0.717, 1.165) is 11.4 Å². The second-order valence-electron chi connectivity index (χ2n) is 4.04. The van der Waals surface area contributed by atoms with Gasteiger partial charge in [0.1, 0.15) is 21.9 Å². The van der Waals surface area contributed by atoms with Gasteiger partial charge in [-0.2, -0.15) is 0 Å². The van der Waals surface area contributed by atoms with Crippen LogP contribution in [0.2, 0.25) is 0 Å². The molecule has 0 fully saturated rings. The van der Waals surface area contributed by atoms with E-state index in [1.165, 1.54) is 6.20 Å². The average Bonchev–Trinajstić information content (AvgIpc) is 2.45. The van der Waals surface area contributed by atoms with Gasteiger partial charge in [-0.1, -0.05) is 6.07 Å². The Balaban J connectivity index is 2.22. The smallest absolute Gasteiger partial charge is 0.161 e. The molecule has 0 aromatic carbocycles. The highest BCUT2D eigenvalue weighted by molar-refractivity contribution is 14.1. The van der Waals surface area contributed by atoms with Crippen LogP contribution >= 0.6 is 22.6 Å². The quantitative estimate of drug-likeness (QED) is 0.472. The number of hydrogen-bond donors (Lipinski definition) is 2. The number of nitrogens with one attached hydrogen (secondary N) is 1. The molecule has 0 aliphatic rings. The lowest BCUT2D eigenvalue weighted by molar-refractivity contribution is 0.357. The molecule has 0 atom stereocenters. The fourth-order valence-electron chi connectivity index (χ4n) is 1.64. The van der Waals surface area contributed by atoms with Crippen molar-refractivity contribution in [3.8, 4) is 0 Å². The average molecular weight is 382 g/mol. The minimum Gasteiger partial charge on any atom is -0.480 e. The maximum atomic E-state index is 5.55. The number of ether oxygens (including phenoxy) is 1. The zero-order valence-corrected chi connectivity index (χ0v) is 13.2. The Morgan fingerprint density at radius 2 is 2.25 bits per heavy atom. The number of rotatable bonds is 5. The third-order valence-electron chi connectivity index (χ3n) is 2.53. The second-order valence-corrected chi connectivity index (χ2v) is 4.66. The molecule has 6 heteroatoms. The lowest BCUT2D eigenvalue weighted by atomic mass is 10.3. The standard InChI is InChI=1S/C14H15IN4O/c1-10-5-6-17-14(7-10)19-13-4-2-3-11(18-13)12(8-16)20-9-15/h2-8H,9,16H2,1H3,(H,17,18,19)/b12-8-. The maximum absolute atomic E-state index is 5.55. The van der Waals surface area contributed by atoms with Gasteiger partial charge in [-0.3, -0.25) is 0 Å². The van der Waals surface area contributed by atoms with E-state index in [0.29, 0.717) is 21.9 Å². The predicted molar refractivity (Wildman–Crippen MR) is 88.6 cm³/mol. The van der Waals surface area contributed by atoms with E-state index >= 15 is 0 Å². The molecular weight excluding hydrogens is 367 g/mol. The summed E-state index contributed by atoms with van der Waals surface area (Å²) in [4.78, 5) is 8.70. The Kier molecular flexibility index (Phi) is 5.16. The number of nitrogens with two attached hydrogens (primary N) is 1. The Hall–Kier alpha value is -1.83. The number of aryl methyl sites for hydroxylation is 1. The SMILES string of the molecule is Cc1ccnc(Nc2cccc(/C(=C/N)OCI)n2)c1. The molecule has 0 amide bonds. The number of halogens is 1. The van der Waals surface area contributed by atoms with E-state index in [2.05, 4.69) is 37.9 Å². The summed E-state index contributed by atoms with van der Waals surface area (Å²) < 4.78 is 5.93. The largest absolute Gasteiger partial charge is 0.480 e. The highest BCUT2D eigenvalue weighted by Gasteiger charge is 2.05. The van der Waals surface area contributed by atoms with E-state index in [1.807, 2.05) is 37.3 Å². The molecule has 2 heterocycles. The first-order valence-electron chi connectivity index (χ1n) is 6.00. The van der Waals surface area contributed by atoms with Crippen molar-refractivity contribution in [1.29, 1.82) is 0 Å². The van der Waals surface area contributed by atoms with E-state index in [9.17, 15) is 0 Å². The summed E-state index contributed by atoms with van der Waals surface area (Å²) in [7, 11) is 0. The van der Waals surface area contributed by atoms with Crippen molar-refractivity contribution < 1.29 is 4.74 Å². The van der Waals surface area contributed by atoms with E-state index in [4.69, 9.17) is 10.5 Å². The van der Waals surface area contributed by atoms with Crippen LogP contribution < -0.4 is 11.1 Å². The van der Waals surface area contributed by atoms with Gasteiger partial charge in [0.15, 0.2) is 5.76 Å². The molecule has 0 bridgehead atoms. The van der Waals surface area contributed by atoms with Crippen LogP contribution in [0.3, 0.4) is 0 Å². The number of aromatic nitrogens is 2. The second kappa shape index (κ2) is 7.09. The molecule has 0 unspecified atom stereocenters. The summed E-state index contributed by atoms with van der Waals surface area (Å²) in [5.41, 5.74) is 7.37. The zero-order chi connectivity index (χ0) is 14.4. The van der Waals surface area contributed by atoms with Gasteiger partial charge in [0, 0.05) is 12.4 Å². The third-order valence-corrected chi connectivity index (χ3v) is 2.85. The maximum Gasteiger partial charge on any atom is 0.161 e. The first kappa shape index (κ1) is 14.6. The fraction of sp³-hybridized carbons (Fsp3) is 0.143. The van der Waals surface area contributed by atoms with Crippen LogP contribution in [-0.2, 0) is 4.74 Å². The number of nitrogens with zero attached hydrogens (tertiary/aromatic N) is 2. The number of alkyl halides is 1. The van der Waals surface area contributed by atoms with Gasteiger partial charge < -0.3 is 15.8 Å². The third kappa shape index (κ3) is 3.83. The normalized spacial score (nSPS) is 11.2. The summed E-state index contributed by atoms with van der Waals surface area (Å²) in [6.07, 6.45) is 3.17. The fourth-order valence-corrected chi connectivity index (χ4v) is 1.98. The summed E-state index contributed by atoms with van der Waals surface area (Å²) in [6.45, 7) is 2.01. The van der Waals surface area contributed by atoms with Crippen molar-refractivity contribution in [2.45, 2.75) is 6.92 Å². The molecule has 104 valence electrons. The van der Waals surface area contributed by atoms with Gasteiger partial charge in [-0.15, -0.1) is 0 Å². The summed E-state index contributed by atoms with van der Waals surface area (Å²) in [5.74, 6) is 2.00. The van der Waals surface area contributed by atoms with Crippen LogP contribution in [0.1, 0.15) is 11.3 Å². The van der Waals surface area contributed by atoms with E-state index in [-0.39, 0.29) is 0 Å². The molecule has 20 heavy (non-hydrogen) atoms. The highest BCUT2D eigenvalue weighted by atomic mass is 127. The Bertz CT molecular complexity index is 616. The summed E-state index contributed by atoms with van der Waals surface area (Å²) in [6, 6.07) is 9.50. The van der Waals surface area contributed by atoms with Gasteiger partial charge >= 0.3 is 0 Å². The van der Waals surface area contributed by atoms with Gasteiger partial charge in [-0.05, 0) is 59.3 Å². The molecule has 2 aromatic heterocycles. The molecule has 0 saturated carbocycles. The molecule has 0 aliphatic carbocycles. The van der Waals surface area contributed by atoms with Crippen molar-refractivity contribution in [3.63, 3.8) is 0 Å².